The maximum absolute atomic E-state index is 12.0. The van der Waals surface area contributed by atoms with E-state index in [9.17, 15) is 5.21 Å². The molecule has 1 aromatic carbocycles. The molecular weight excluding hydrogens is 228 g/mol. The highest BCUT2D eigenvalue weighted by atomic mass is 16.5. The van der Waals surface area contributed by atoms with Crippen molar-refractivity contribution in [2.75, 3.05) is 18.0 Å². The molecular formula is C13H14N4O. The molecule has 0 radical (unpaired) electrons. The first kappa shape index (κ1) is 11.0. The second kappa shape index (κ2) is 4.60. The summed E-state index contributed by atoms with van der Waals surface area (Å²) in [6.07, 6.45) is 3.72. The lowest BCUT2D eigenvalue weighted by Crippen LogP contribution is -2.38. The zero-order valence-electron chi connectivity index (χ0n) is 9.99. The molecule has 0 spiro atoms. The second-order valence-electron chi connectivity index (χ2n) is 4.40. The summed E-state index contributed by atoms with van der Waals surface area (Å²) in [5.74, 6) is 0.409. The smallest absolute Gasteiger partial charge is 0.417 e. The Morgan fingerprint density at radius 3 is 2.44 bits per heavy atom. The number of hydrogen-bond acceptors (Lipinski definition) is 4. The van der Waals surface area contributed by atoms with Crippen molar-refractivity contribution in [2.24, 2.45) is 0 Å². The summed E-state index contributed by atoms with van der Waals surface area (Å²) < 4.78 is 0.820. The van der Waals surface area contributed by atoms with Crippen molar-refractivity contribution in [3.63, 3.8) is 0 Å². The highest BCUT2D eigenvalue weighted by Gasteiger charge is 2.23. The first-order chi connectivity index (χ1) is 8.84. The van der Waals surface area contributed by atoms with Crippen molar-refractivity contribution in [1.82, 2.24) is 10.2 Å². The van der Waals surface area contributed by atoms with Crippen LogP contribution in [-0.2, 0) is 0 Å². The van der Waals surface area contributed by atoms with Gasteiger partial charge in [-0.2, -0.15) is 0 Å². The van der Waals surface area contributed by atoms with Gasteiger partial charge in [-0.25, -0.2) is 4.73 Å². The summed E-state index contributed by atoms with van der Waals surface area (Å²) >= 11 is 0. The van der Waals surface area contributed by atoms with Crippen molar-refractivity contribution >= 4 is 5.95 Å². The van der Waals surface area contributed by atoms with Crippen molar-refractivity contribution in [3.8, 4) is 11.3 Å². The number of anilines is 1. The summed E-state index contributed by atoms with van der Waals surface area (Å²) in [7, 11) is 0. The maximum Gasteiger partial charge on any atom is 0.417 e. The number of rotatable bonds is 2. The Bertz CT molecular complexity index is 538. The molecule has 0 bridgehead atoms. The Labute approximate surface area is 105 Å². The molecule has 0 atom stereocenters. The Balaban J connectivity index is 1.94. The zero-order valence-corrected chi connectivity index (χ0v) is 9.99. The molecule has 1 aliphatic rings. The van der Waals surface area contributed by atoms with Gasteiger partial charge < -0.3 is 5.21 Å². The van der Waals surface area contributed by atoms with Gasteiger partial charge >= 0.3 is 5.95 Å². The number of nitrogens with zero attached hydrogens (tertiary/aromatic N) is 4. The van der Waals surface area contributed by atoms with Crippen LogP contribution in [0, 0.1) is 5.21 Å². The molecule has 92 valence electrons. The predicted molar refractivity (Wildman–Crippen MR) is 67.9 cm³/mol. The van der Waals surface area contributed by atoms with E-state index in [1.807, 2.05) is 35.2 Å². The summed E-state index contributed by atoms with van der Waals surface area (Å²) in [4.78, 5) is 1.98. The van der Waals surface area contributed by atoms with Gasteiger partial charge in [-0.15, -0.1) is 0 Å². The van der Waals surface area contributed by atoms with E-state index in [1.54, 1.807) is 0 Å². The van der Waals surface area contributed by atoms with Gasteiger partial charge in [0.25, 0.3) is 0 Å². The molecule has 3 rings (SSSR count). The van der Waals surface area contributed by atoms with Crippen molar-refractivity contribution < 1.29 is 4.73 Å². The highest BCUT2D eigenvalue weighted by Crippen LogP contribution is 2.17. The third-order valence-electron chi connectivity index (χ3n) is 3.14. The molecule has 1 saturated heterocycles. The van der Waals surface area contributed by atoms with Crippen LogP contribution in [0.3, 0.4) is 0 Å². The van der Waals surface area contributed by atoms with E-state index >= 15 is 0 Å². The Morgan fingerprint density at radius 2 is 1.78 bits per heavy atom. The van der Waals surface area contributed by atoms with Crippen LogP contribution in [0.2, 0.25) is 0 Å². The summed E-state index contributed by atoms with van der Waals surface area (Å²) in [5, 5.41) is 20.2. The predicted octanol–water partition coefficient (Wildman–Crippen LogP) is 1.38. The van der Waals surface area contributed by atoms with Crippen LogP contribution in [0.15, 0.2) is 36.5 Å². The summed E-state index contributed by atoms with van der Waals surface area (Å²) in [6.45, 7) is 1.78. The third-order valence-corrected chi connectivity index (χ3v) is 3.14. The fraction of sp³-hybridized carbons (Fsp3) is 0.308. The van der Waals surface area contributed by atoms with Crippen LogP contribution >= 0.6 is 0 Å². The first-order valence-corrected chi connectivity index (χ1v) is 6.12. The Morgan fingerprint density at radius 1 is 1.06 bits per heavy atom. The fourth-order valence-corrected chi connectivity index (χ4v) is 2.20. The minimum atomic E-state index is 0.409. The topological polar surface area (TPSA) is 56.0 Å². The van der Waals surface area contributed by atoms with Gasteiger partial charge in [0.05, 0.1) is 19.3 Å². The molecule has 1 fully saturated rings. The minimum absolute atomic E-state index is 0.409. The van der Waals surface area contributed by atoms with Crippen molar-refractivity contribution in [1.29, 1.82) is 0 Å². The lowest BCUT2D eigenvalue weighted by molar-refractivity contribution is -0.595. The molecule has 5 nitrogen and oxygen atoms in total. The van der Waals surface area contributed by atoms with Crippen LogP contribution < -0.4 is 9.63 Å². The van der Waals surface area contributed by atoms with E-state index in [0.29, 0.717) is 11.6 Å². The third kappa shape index (κ3) is 1.99. The second-order valence-corrected chi connectivity index (χ2v) is 4.40. The van der Waals surface area contributed by atoms with E-state index < -0.39 is 0 Å². The van der Waals surface area contributed by atoms with E-state index in [2.05, 4.69) is 10.2 Å². The molecule has 0 unspecified atom stereocenters. The van der Waals surface area contributed by atoms with E-state index in [4.69, 9.17) is 0 Å². The molecule has 5 heteroatoms. The first-order valence-electron chi connectivity index (χ1n) is 6.12. The average molecular weight is 242 g/mol. The Hall–Kier alpha value is -2.17. The zero-order chi connectivity index (χ0) is 12.4. The number of benzene rings is 1. The summed E-state index contributed by atoms with van der Waals surface area (Å²) in [5.41, 5.74) is 1.51. The van der Waals surface area contributed by atoms with Crippen molar-refractivity contribution in [2.45, 2.75) is 12.8 Å². The van der Waals surface area contributed by atoms with E-state index in [1.165, 1.54) is 6.20 Å². The van der Waals surface area contributed by atoms with Crippen LogP contribution in [0.4, 0.5) is 5.95 Å². The van der Waals surface area contributed by atoms with Gasteiger partial charge in [-0.3, -0.25) is 4.90 Å². The fourth-order valence-electron chi connectivity index (χ4n) is 2.20. The van der Waals surface area contributed by atoms with Gasteiger partial charge in [-0.05, 0) is 12.8 Å². The van der Waals surface area contributed by atoms with Gasteiger partial charge in [0.15, 0.2) is 0 Å². The van der Waals surface area contributed by atoms with Crippen molar-refractivity contribution in [3.05, 3.63) is 41.7 Å². The monoisotopic (exact) mass is 242 g/mol. The van der Waals surface area contributed by atoms with Gasteiger partial charge in [0.2, 0.25) is 0 Å². The quantitative estimate of drug-likeness (QED) is 0.589. The molecule has 18 heavy (non-hydrogen) atoms. The van der Waals surface area contributed by atoms with E-state index in [0.717, 1.165) is 36.2 Å². The van der Waals surface area contributed by atoms with Crippen LogP contribution in [0.5, 0.6) is 0 Å². The van der Waals surface area contributed by atoms with Crippen LogP contribution in [0.1, 0.15) is 12.8 Å². The van der Waals surface area contributed by atoms with Crippen LogP contribution in [0.25, 0.3) is 11.3 Å². The SMILES string of the molecule is [O-][n+]1cc(-c2ccccc2)nnc1N1CCCC1. The maximum atomic E-state index is 12.0. The standard InChI is InChI=1S/C13H14N4O/c18-17-10-12(11-6-2-1-3-7-11)14-15-13(17)16-8-4-5-9-16/h1-3,6-7,10H,4-5,8-9H2. The molecule has 1 aliphatic heterocycles. The number of aromatic nitrogens is 3. The van der Waals surface area contributed by atoms with Crippen LogP contribution in [-0.4, -0.2) is 23.3 Å². The minimum Gasteiger partial charge on any atom is -0.740 e. The van der Waals surface area contributed by atoms with Gasteiger partial charge in [0, 0.05) is 10.7 Å². The molecule has 0 aliphatic carbocycles. The number of hydrogen-bond donors (Lipinski definition) is 0. The lowest BCUT2D eigenvalue weighted by atomic mass is 10.2. The van der Waals surface area contributed by atoms with Gasteiger partial charge in [-0.1, -0.05) is 35.4 Å². The molecule has 0 N–H and O–H groups in total. The molecule has 2 heterocycles. The molecule has 1 aromatic heterocycles. The van der Waals surface area contributed by atoms with E-state index in [-0.39, 0.29) is 0 Å². The Kier molecular flexibility index (Phi) is 2.80. The molecule has 2 aromatic rings. The molecule has 0 saturated carbocycles. The average Bonchev–Trinajstić information content (AvgIpc) is 2.93. The largest absolute Gasteiger partial charge is 0.740 e. The highest BCUT2D eigenvalue weighted by molar-refractivity contribution is 5.56. The lowest BCUT2D eigenvalue weighted by Gasteiger charge is -2.14. The molecule has 0 amide bonds. The summed E-state index contributed by atoms with van der Waals surface area (Å²) in [6, 6.07) is 9.60. The van der Waals surface area contributed by atoms with Gasteiger partial charge in [0.1, 0.15) is 5.69 Å². The normalized spacial score (nSPS) is 15.0.